The van der Waals surface area contributed by atoms with E-state index in [4.69, 9.17) is 0 Å². The van der Waals surface area contributed by atoms with Gasteiger partial charge in [-0.2, -0.15) is 0 Å². The van der Waals surface area contributed by atoms with Gasteiger partial charge in [0.05, 0.1) is 0 Å². The number of rotatable bonds is 4. The first-order valence-electron chi connectivity index (χ1n) is 7.90. The molecule has 2 nitrogen and oxygen atoms in total. The van der Waals surface area contributed by atoms with Gasteiger partial charge in [0.25, 0.3) is 0 Å². The maximum atomic E-state index is 13.3. The molecule has 2 saturated heterocycles. The predicted molar refractivity (Wildman–Crippen MR) is 80.2 cm³/mol. The first-order valence-corrected chi connectivity index (χ1v) is 7.90. The zero-order valence-electron chi connectivity index (χ0n) is 12.5. The Morgan fingerprint density at radius 1 is 1.40 bits per heavy atom. The summed E-state index contributed by atoms with van der Waals surface area (Å²) in [7, 11) is 0. The van der Waals surface area contributed by atoms with E-state index in [0.717, 1.165) is 23.8 Å². The highest BCUT2D eigenvalue weighted by Crippen LogP contribution is 2.36. The van der Waals surface area contributed by atoms with Crippen LogP contribution >= 0.6 is 0 Å². The fourth-order valence-corrected chi connectivity index (χ4v) is 4.22. The lowest BCUT2D eigenvalue weighted by molar-refractivity contribution is 0.164. The van der Waals surface area contributed by atoms with Gasteiger partial charge in [0.1, 0.15) is 5.82 Å². The molecule has 110 valence electrons. The lowest BCUT2D eigenvalue weighted by atomic mass is 9.92. The Kier molecular flexibility index (Phi) is 4.08. The molecule has 3 rings (SSSR count). The lowest BCUT2D eigenvalue weighted by Crippen LogP contribution is -2.42. The van der Waals surface area contributed by atoms with Crippen LogP contribution in [0, 0.1) is 17.7 Å². The third-order valence-electron chi connectivity index (χ3n) is 5.16. The zero-order valence-corrected chi connectivity index (χ0v) is 12.5. The fraction of sp³-hybridized carbons (Fsp3) is 0.647. The van der Waals surface area contributed by atoms with Crippen molar-refractivity contribution in [3.05, 3.63) is 35.6 Å². The summed E-state index contributed by atoms with van der Waals surface area (Å²) in [5, 5.41) is 3.53. The quantitative estimate of drug-likeness (QED) is 0.909. The number of benzene rings is 1. The van der Waals surface area contributed by atoms with Gasteiger partial charge in [-0.1, -0.05) is 19.1 Å². The highest BCUT2D eigenvalue weighted by Gasteiger charge is 2.44. The molecule has 0 amide bonds. The summed E-state index contributed by atoms with van der Waals surface area (Å²) < 4.78 is 13.3. The molecular weight excluding hydrogens is 251 g/mol. The molecule has 0 bridgehead atoms. The number of likely N-dealkylation sites (tertiary alicyclic amines) is 1. The molecule has 2 fully saturated rings. The van der Waals surface area contributed by atoms with E-state index < -0.39 is 0 Å². The minimum Gasteiger partial charge on any atom is -0.316 e. The van der Waals surface area contributed by atoms with Crippen LogP contribution in [0.1, 0.15) is 25.8 Å². The largest absolute Gasteiger partial charge is 0.316 e. The number of halogens is 1. The van der Waals surface area contributed by atoms with Gasteiger partial charge >= 0.3 is 0 Å². The molecule has 20 heavy (non-hydrogen) atoms. The topological polar surface area (TPSA) is 15.3 Å². The molecule has 3 heteroatoms. The molecule has 1 aromatic rings. The lowest BCUT2D eigenvalue weighted by Gasteiger charge is -2.32. The Balaban J connectivity index is 1.69. The van der Waals surface area contributed by atoms with E-state index in [1.807, 2.05) is 12.1 Å². The van der Waals surface area contributed by atoms with Gasteiger partial charge in [-0.3, -0.25) is 4.90 Å². The summed E-state index contributed by atoms with van der Waals surface area (Å²) in [5.41, 5.74) is 1.11. The first kappa shape index (κ1) is 14.0. The average Bonchev–Trinajstić information content (AvgIpc) is 2.98. The smallest absolute Gasteiger partial charge is 0.123 e. The highest BCUT2D eigenvalue weighted by molar-refractivity contribution is 5.17. The van der Waals surface area contributed by atoms with E-state index in [9.17, 15) is 4.39 Å². The van der Waals surface area contributed by atoms with E-state index in [1.54, 1.807) is 6.07 Å². The number of fused-ring (bicyclic) bond motifs is 1. The van der Waals surface area contributed by atoms with Gasteiger partial charge in [0.15, 0.2) is 0 Å². The van der Waals surface area contributed by atoms with Crippen LogP contribution in [0.5, 0.6) is 0 Å². The number of nitrogens with zero attached hydrogens (tertiary/aromatic N) is 1. The molecule has 2 aliphatic heterocycles. The summed E-state index contributed by atoms with van der Waals surface area (Å²) in [6.07, 6.45) is 2.16. The van der Waals surface area contributed by atoms with Gasteiger partial charge < -0.3 is 5.32 Å². The Hall–Kier alpha value is -0.930. The van der Waals surface area contributed by atoms with Crippen LogP contribution in [-0.2, 0) is 6.42 Å². The highest BCUT2D eigenvalue weighted by atomic mass is 19.1. The van der Waals surface area contributed by atoms with Crippen molar-refractivity contribution in [3.63, 3.8) is 0 Å². The van der Waals surface area contributed by atoms with Gasteiger partial charge in [-0.25, -0.2) is 4.39 Å². The summed E-state index contributed by atoms with van der Waals surface area (Å²) in [6, 6.07) is 8.24. The molecule has 2 heterocycles. The van der Waals surface area contributed by atoms with Crippen molar-refractivity contribution in [2.24, 2.45) is 11.8 Å². The van der Waals surface area contributed by atoms with Crippen molar-refractivity contribution in [3.8, 4) is 0 Å². The van der Waals surface area contributed by atoms with Gasteiger partial charge in [-0.15, -0.1) is 0 Å². The molecule has 1 N–H and O–H groups in total. The van der Waals surface area contributed by atoms with Gasteiger partial charge in [0, 0.05) is 18.6 Å². The normalized spacial score (nSPS) is 31.4. The third-order valence-corrected chi connectivity index (χ3v) is 5.16. The second kappa shape index (κ2) is 5.82. The van der Waals surface area contributed by atoms with E-state index in [1.165, 1.54) is 32.1 Å². The fourth-order valence-electron chi connectivity index (χ4n) is 4.22. The van der Waals surface area contributed by atoms with E-state index >= 15 is 0 Å². The molecule has 0 aliphatic carbocycles. The van der Waals surface area contributed by atoms with Gasteiger partial charge in [0.2, 0.25) is 0 Å². The third kappa shape index (κ3) is 2.61. The number of nitrogens with one attached hydrogen (secondary N) is 1. The van der Waals surface area contributed by atoms with Crippen LogP contribution in [0.4, 0.5) is 4.39 Å². The predicted octanol–water partition coefficient (Wildman–Crippen LogP) is 2.69. The maximum Gasteiger partial charge on any atom is 0.123 e. The minimum atomic E-state index is -0.121. The van der Waals surface area contributed by atoms with Crippen LogP contribution in [0.3, 0.4) is 0 Å². The van der Waals surface area contributed by atoms with Crippen LogP contribution in [0.25, 0.3) is 0 Å². The standard InChI is InChI=1S/C17H25FN2/c1-3-17-16-10-19-9-14(16)11-20(17)12(2)7-13-5-4-6-15(18)8-13/h4-6,8,12,14,16-17,19H,3,7,9-11H2,1-2H3. The van der Waals surface area contributed by atoms with E-state index in [0.29, 0.717) is 12.1 Å². The second-order valence-electron chi connectivity index (χ2n) is 6.44. The Labute approximate surface area is 121 Å². The van der Waals surface area contributed by atoms with Crippen molar-refractivity contribution in [1.82, 2.24) is 10.2 Å². The van der Waals surface area contributed by atoms with Crippen LogP contribution in [0.2, 0.25) is 0 Å². The molecule has 0 radical (unpaired) electrons. The monoisotopic (exact) mass is 276 g/mol. The molecule has 0 aromatic heterocycles. The van der Waals surface area contributed by atoms with Crippen LogP contribution in [-0.4, -0.2) is 36.6 Å². The molecule has 4 unspecified atom stereocenters. The molecule has 4 atom stereocenters. The Bertz CT molecular complexity index is 462. The van der Waals surface area contributed by atoms with E-state index in [2.05, 4.69) is 24.1 Å². The number of hydrogen-bond donors (Lipinski definition) is 1. The molecule has 0 spiro atoms. The molecular formula is C17H25FN2. The van der Waals surface area contributed by atoms with Crippen molar-refractivity contribution in [2.75, 3.05) is 19.6 Å². The van der Waals surface area contributed by atoms with Crippen molar-refractivity contribution in [2.45, 2.75) is 38.8 Å². The molecule has 0 saturated carbocycles. The first-order chi connectivity index (χ1) is 9.69. The summed E-state index contributed by atoms with van der Waals surface area (Å²) in [6.45, 7) is 8.14. The Morgan fingerprint density at radius 2 is 2.25 bits per heavy atom. The molecule has 2 aliphatic rings. The second-order valence-corrected chi connectivity index (χ2v) is 6.44. The summed E-state index contributed by atoms with van der Waals surface area (Å²) >= 11 is 0. The van der Waals surface area contributed by atoms with Gasteiger partial charge in [-0.05, 0) is 62.4 Å². The average molecular weight is 276 g/mol. The van der Waals surface area contributed by atoms with Crippen LogP contribution < -0.4 is 5.32 Å². The Morgan fingerprint density at radius 3 is 3.00 bits per heavy atom. The molecule has 1 aromatic carbocycles. The van der Waals surface area contributed by atoms with E-state index in [-0.39, 0.29) is 5.82 Å². The summed E-state index contributed by atoms with van der Waals surface area (Å²) in [5.74, 6) is 1.51. The number of hydrogen-bond acceptors (Lipinski definition) is 2. The summed E-state index contributed by atoms with van der Waals surface area (Å²) in [4.78, 5) is 2.67. The van der Waals surface area contributed by atoms with Crippen molar-refractivity contribution < 1.29 is 4.39 Å². The maximum absolute atomic E-state index is 13.3. The van der Waals surface area contributed by atoms with Crippen molar-refractivity contribution >= 4 is 0 Å². The minimum absolute atomic E-state index is 0.121. The SMILES string of the molecule is CCC1C2CNCC2CN1C(C)Cc1cccc(F)c1. The van der Waals surface area contributed by atoms with Crippen LogP contribution in [0.15, 0.2) is 24.3 Å². The zero-order chi connectivity index (χ0) is 14.1. The van der Waals surface area contributed by atoms with Crippen molar-refractivity contribution in [1.29, 1.82) is 0 Å².